The van der Waals surface area contributed by atoms with Crippen molar-refractivity contribution in [3.8, 4) is 5.75 Å². The zero-order valence-corrected chi connectivity index (χ0v) is 11.0. The van der Waals surface area contributed by atoms with Crippen LogP contribution in [-0.2, 0) is 4.74 Å². The molecule has 1 N–H and O–H groups in total. The maximum absolute atomic E-state index is 11.9. The number of rotatable bonds is 4. The lowest BCUT2D eigenvalue weighted by molar-refractivity contribution is 0.0370. The Hall–Kier alpha value is -1.10. The first-order valence-corrected chi connectivity index (χ1v) is 5.88. The maximum atomic E-state index is 11.9. The van der Waals surface area contributed by atoms with Gasteiger partial charge in [-0.25, -0.2) is 0 Å². The molecule has 1 saturated heterocycles. The molecule has 0 bridgehead atoms. The van der Waals surface area contributed by atoms with Gasteiger partial charge in [0.05, 0.1) is 13.2 Å². The Kier molecular flexibility index (Phi) is 6.12. The highest BCUT2D eigenvalue weighted by Crippen LogP contribution is 2.13. The van der Waals surface area contributed by atoms with E-state index in [0.717, 1.165) is 32.8 Å². The molecule has 1 fully saturated rings. The number of carbonyl (C=O) groups excluding carboxylic acids is 1. The van der Waals surface area contributed by atoms with Gasteiger partial charge in [-0.05, 0) is 12.1 Å². The number of phenols is 1. The number of Topliss-reactive ketones (excluding diaryl/α,β-unsaturated/α-hetero) is 1. The van der Waals surface area contributed by atoms with Gasteiger partial charge < -0.3 is 9.84 Å². The monoisotopic (exact) mass is 271 g/mol. The highest BCUT2D eigenvalue weighted by Gasteiger charge is 2.13. The fourth-order valence-corrected chi connectivity index (χ4v) is 1.91. The number of phenolic OH excluding ortho intramolecular Hbond substituents is 1. The molecule has 0 atom stereocenters. The van der Waals surface area contributed by atoms with Crippen LogP contribution in [0.15, 0.2) is 24.3 Å². The second kappa shape index (κ2) is 7.36. The highest BCUT2D eigenvalue weighted by molar-refractivity contribution is 5.96. The lowest BCUT2D eigenvalue weighted by Crippen LogP contribution is -2.37. The van der Waals surface area contributed by atoms with E-state index in [1.807, 2.05) is 0 Å². The van der Waals surface area contributed by atoms with Crippen molar-refractivity contribution in [2.75, 3.05) is 32.8 Å². The standard InChI is InChI=1S/C13H17NO3.ClH/c15-12-3-1-2-11(10-12)13(16)4-5-14-6-8-17-9-7-14;/h1-3,10,15H,4-9H2;1H. The van der Waals surface area contributed by atoms with Gasteiger partial charge in [0.25, 0.3) is 0 Å². The summed E-state index contributed by atoms with van der Waals surface area (Å²) in [5.74, 6) is 0.217. The van der Waals surface area contributed by atoms with Crippen LogP contribution in [0.25, 0.3) is 0 Å². The summed E-state index contributed by atoms with van der Waals surface area (Å²) in [5.41, 5.74) is 0.582. The Labute approximate surface area is 113 Å². The molecule has 100 valence electrons. The molecule has 0 unspecified atom stereocenters. The number of carbonyl (C=O) groups is 1. The molecular formula is C13H18ClNO3. The van der Waals surface area contributed by atoms with Crippen molar-refractivity contribution in [2.24, 2.45) is 0 Å². The van der Waals surface area contributed by atoms with Crippen LogP contribution in [-0.4, -0.2) is 48.6 Å². The predicted octanol–water partition coefficient (Wildman–Crippen LogP) is 1.72. The van der Waals surface area contributed by atoms with Crippen molar-refractivity contribution in [3.63, 3.8) is 0 Å². The van der Waals surface area contributed by atoms with E-state index in [4.69, 9.17) is 4.74 Å². The number of ketones is 1. The quantitative estimate of drug-likeness (QED) is 0.847. The Morgan fingerprint density at radius 2 is 2.06 bits per heavy atom. The summed E-state index contributed by atoms with van der Waals surface area (Å²) in [7, 11) is 0. The first-order chi connectivity index (χ1) is 8.25. The first kappa shape index (κ1) is 15.0. The van der Waals surface area contributed by atoms with E-state index in [0.29, 0.717) is 12.0 Å². The van der Waals surface area contributed by atoms with E-state index >= 15 is 0 Å². The van der Waals surface area contributed by atoms with Crippen LogP contribution in [0.4, 0.5) is 0 Å². The smallest absolute Gasteiger partial charge is 0.164 e. The molecule has 1 aliphatic heterocycles. The summed E-state index contributed by atoms with van der Waals surface area (Å²) in [6.07, 6.45) is 0.490. The second-order valence-corrected chi connectivity index (χ2v) is 4.18. The summed E-state index contributed by atoms with van der Waals surface area (Å²) in [5, 5.41) is 9.30. The third-order valence-corrected chi connectivity index (χ3v) is 2.93. The topological polar surface area (TPSA) is 49.8 Å². The van der Waals surface area contributed by atoms with Crippen molar-refractivity contribution in [1.82, 2.24) is 4.90 Å². The maximum Gasteiger partial charge on any atom is 0.164 e. The molecule has 2 rings (SSSR count). The molecule has 1 aromatic carbocycles. The van der Waals surface area contributed by atoms with Crippen LogP contribution in [0.2, 0.25) is 0 Å². The second-order valence-electron chi connectivity index (χ2n) is 4.18. The Morgan fingerprint density at radius 1 is 1.33 bits per heavy atom. The third kappa shape index (κ3) is 4.29. The molecule has 1 aliphatic rings. The minimum Gasteiger partial charge on any atom is -0.508 e. The van der Waals surface area contributed by atoms with Crippen molar-refractivity contribution in [2.45, 2.75) is 6.42 Å². The predicted molar refractivity (Wildman–Crippen MR) is 71.6 cm³/mol. The summed E-state index contributed by atoms with van der Waals surface area (Å²) in [6, 6.07) is 6.51. The van der Waals surface area contributed by atoms with Crippen molar-refractivity contribution < 1.29 is 14.6 Å². The number of hydrogen-bond donors (Lipinski definition) is 1. The van der Waals surface area contributed by atoms with Crippen LogP contribution in [0.5, 0.6) is 5.75 Å². The third-order valence-electron chi connectivity index (χ3n) is 2.93. The number of aromatic hydroxyl groups is 1. The fraction of sp³-hybridized carbons (Fsp3) is 0.462. The highest BCUT2D eigenvalue weighted by atomic mass is 35.5. The van der Waals surface area contributed by atoms with Crippen LogP contribution >= 0.6 is 12.4 Å². The minimum absolute atomic E-state index is 0. The Bertz CT molecular complexity index is 392. The molecule has 0 saturated carbocycles. The zero-order chi connectivity index (χ0) is 12.1. The molecule has 18 heavy (non-hydrogen) atoms. The largest absolute Gasteiger partial charge is 0.508 e. The molecule has 4 nitrogen and oxygen atoms in total. The fourth-order valence-electron chi connectivity index (χ4n) is 1.91. The number of benzene rings is 1. The number of ether oxygens (including phenoxy) is 1. The summed E-state index contributed by atoms with van der Waals surface area (Å²) < 4.78 is 5.25. The van der Waals surface area contributed by atoms with E-state index in [1.165, 1.54) is 6.07 Å². The van der Waals surface area contributed by atoms with Gasteiger partial charge in [0.1, 0.15) is 5.75 Å². The van der Waals surface area contributed by atoms with E-state index in [-0.39, 0.29) is 23.9 Å². The van der Waals surface area contributed by atoms with Crippen LogP contribution in [0, 0.1) is 0 Å². The van der Waals surface area contributed by atoms with E-state index in [1.54, 1.807) is 18.2 Å². The molecular weight excluding hydrogens is 254 g/mol. The zero-order valence-electron chi connectivity index (χ0n) is 10.2. The average Bonchev–Trinajstić information content (AvgIpc) is 2.37. The van der Waals surface area contributed by atoms with Gasteiger partial charge in [0.15, 0.2) is 5.78 Å². The Morgan fingerprint density at radius 3 is 2.72 bits per heavy atom. The normalized spacial score (nSPS) is 16.0. The molecule has 0 amide bonds. The van der Waals surface area contributed by atoms with Crippen molar-refractivity contribution in [1.29, 1.82) is 0 Å². The van der Waals surface area contributed by atoms with E-state index in [9.17, 15) is 9.90 Å². The van der Waals surface area contributed by atoms with Gasteiger partial charge in [-0.2, -0.15) is 0 Å². The molecule has 1 heterocycles. The average molecular weight is 272 g/mol. The van der Waals surface area contributed by atoms with Crippen LogP contribution in [0.1, 0.15) is 16.8 Å². The molecule has 5 heteroatoms. The van der Waals surface area contributed by atoms with Gasteiger partial charge >= 0.3 is 0 Å². The molecule has 0 aromatic heterocycles. The number of halogens is 1. The minimum atomic E-state index is 0. The number of morpholine rings is 1. The lowest BCUT2D eigenvalue weighted by Gasteiger charge is -2.26. The van der Waals surface area contributed by atoms with Gasteiger partial charge in [-0.15, -0.1) is 12.4 Å². The van der Waals surface area contributed by atoms with Gasteiger partial charge in [-0.1, -0.05) is 12.1 Å². The summed E-state index contributed by atoms with van der Waals surface area (Å²) in [4.78, 5) is 14.1. The van der Waals surface area contributed by atoms with E-state index in [2.05, 4.69) is 4.90 Å². The lowest BCUT2D eigenvalue weighted by atomic mass is 10.1. The van der Waals surface area contributed by atoms with E-state index < -0.39 is 0 Å². The number of nitrogens with zero attached hydrogens (tertiary/aromatic N) is 1. The van der Waals surface area contributed by atoms with Crippen LogP contribution < -0.4 is 0 Å². The molecule has 1 aromatic rings. The van der Waals surface area contributed by atoms with Crippen molar-refractivity contribution in [3.05, 3.63) is 29.8 Å². The molecule has 0 radical (unpaired) electrons. The molecule has 0 aliphatic carbocycles. The van der Waals surface area contributed by atoms with Crippen molar-refractivity contribution >= 4 is 18.2 Å². The Balaban J connectivity index is 0.00000162. The molecule has 0 spiro atoms. The SMILES string of the molecule is Cl.O=C(CCN1CCOCC1)c1cccc(O)c1. The van der Waals surface area contributed by atoms with Gasteiger partial charge in [0.2, 0.25) is 0 Å². The van der Waals surface area contributed by atoms with Crippen LogP contribution in [0.3, 0.4) is 0 Å². The first-order valence-electron chi connectivity index (χ1n) is 5.88. The summed E-state index contributed by atoms with van der Waals surface area (Å²) in [6.45, 7) is 4.05. The van der Waals surface area contributed by atoms with Gasteiger partial charge in [-0.3, -0.25) is 9.69 Å². The van der Waals surface area contributed by atoms with Gasteiger partial charge in [0, 0.05) is 31.6 Å². The summed E-state index contributed by atoms with van der Waals surface area (Å²) >= 11 is 0. The number of hydrogen-bond acceptors (Lipinski definition) is 4.